The summed E-state index contributed by atoms with van der Waals surface area (Å²) in [5.41, 5.74) is 2.53. The van der Waals surface area contributed by atoms with Gasteiger partial charge in [0.1, 0.15) is 5.69 Å². The molecule has 0 aliphatic carbocycles. The van der Waals surface area contributed by atoms with Crippen molar-refractivity contribution in [1.82, 2.24) is 10.3 Å². The molecule has 0 fully saturated rings. The van der Waals surface area contributed by atoms with E-state index < -0.39 is 0 Å². The summed E-state index contributed by atoms with van der Waals surface area (Å²) in [7, 11) is 1.63. The second-order valence-electron chi connectivity index (χ2n) is 5.30. The van der Waals surface area contributed by atoms with E-state index in [1.807, 2.05) is 12.1 Å². The minimum absolute atomic E-state index is 0.0114. The Morgan fingerprint density at radius 2 is 2.00 bits per heavy atom. The van der Waals surface area contributed by atoms with Crippen molar-refractivity contribution in [3.63, 3.8) is 0 Å². The molecule has 0 atom stereocenters. The summed E-state index contributed by atoms with van der Waals surface area (Å²) in [6.07, 6.45) is 2.35. The molecular weight excluding hydrogens is 306 g/mol. The first kappa shape index (κ1) is 17.6. The highest BCUT2D eigenvalue weighted by Crippen LogP contribution is 2.17. The van der Waals surface area contributed by atoms with E-state index in [0.717, 1.165) is 17.8 Å². The molecule has 126 valence electrons. The fourth-order valence-electron chi connectivity index (χ4n) is 2.09. The van der Waals surface area contributed by atoms with Crippen LogP contribution in [-0.4, -0.2) is 36.9 Å². The van der Waals surface area contributed by atoms with E-state index in [0.29, 0.717) is 24.4 Å². The number of hydrogen-bond acceptors (Lipinski definition) is 5. The average Bonchev–Trinajstić information content (AvgIpc) is 2.59. The fraction of sp³-hybridized carbons (Fsp3) is 0.278. The number of amides is 1. The molecule has 0 unspecified atom stereocenters. The number of rotatable bonds is 8. The summed E-state index contributed by atoms with van der Waals surface area (Å²) in [4.78, 5) is 27.5. The third-order valence-electron chi connectivity index (χ3n) is 3.36. The number of ether oxygens (including phenoxy) is 1. The van der Waals surface area contributed by atoms with Crippen LogP contribution in [0.3, 0.4) is 0 Å². The number of anilines is 2. The van der Waals surface area contributed by atoms with Crippen LogP contribution >= 0.6 is 0 Å². The van der Waals surface area contributed by atoms with Gasteiger partial charge in [-0.3, -0.25) is 9.59 Å². The first-order chi connectivity index (χ1) is 11.6. The van der Waals surface area contributed by atoms with E-state index in [1.54, 1.807) is 37.6 Å². The van der Waals surface area contributed by atoms with Crippen molar-refractivity contribution in [3.05, 3.63) is 53.9 Å². The Kier molecular flexibility index (Phi) is 6.45. The number of aromatic nitrogens is 1. The summed E-state index contributed by atoms with van der Waals surface area (Å²) in [6.45, 7) is 2.68. The number of carbonyl (C=O) groups is 2. The number of methoxy groups -OCH3 is 1. The minimum atomic E-state index is -0.212. The summed E-state index contributed by atoms with van der Waals surface area (Å²) in [5, 5.41) is 5.95. The number of nitrogens with one attached hydrogen (secondary N) is 2. The Balaban J connectivity index is 1.95. The lowest BCUT2D eigenvalue weighted by molar-refractivity contribution is 0.0942. The van der Waals surface area contributed by atoms with Crippen LogP contribution in [0.15, 0.2) is 42.6 Å². The maximum Gasteiger partial charge on any atom is 0.269 e. The molecule has 6 heteroatoms. The monoisotopic (exact) mass is 327 g/mol. The molecule has 1 heterocycles. The highest BCUT2D eigenvalue weighted by molar-refractivity contribution is 5.95. The lowest BCUT2D eigenvalue weighted by atomic mass is 10.1. The van der Waals surface area contributed by atoms with Crippen LogP contribution < -0.4 is 10.6 Å². The number of benzene rings is 1. The van der Waals surface area contributed by atoms with Gasteiger partial charge in [-0.15, -0.1) is 0 Å². The van der Waals surface area contributed by atoms with E-state index in [-0.39, 0.29) is 11.7 Å². The zero-order valence-electron chi connectivity index (χ0n) is 13.8. The molecule has 6 nitrogen and oxygen atoms in total. The predicted octanol–water partition coefficient (Wildman–Crippen LogP) is 2.79. The quantitative estimate of drug-likeness (QED) is 0.576. The van der Waals surface area contributed by atoms with Crippen molar-refractivity contribution in [3.8, 4) is 0 Å². The van der Waals surface area contributed by atoms with Gasteiger partial charge in [0.2, 0.25) is 0 Å². The molecular formula is C18H21N3O3. The van der Waals surface area contributed by atoms with E-state index in [2.05, 4.69) is 15.6 Å². The normalized spacial score (nSPS) is 10.2. The third kappa shape index (κ3) is 5.17. The first-order valence-electron chi connectivity index (χ1n) is 7.71. The molecule has 0 bridgehead atoms. The molecule has 0 saturated heterocycles. The van der Waals surface area contributed by atoms with Gasteiger partial charge in [-0.25, -0.2) is 4.98 Å². The van der Waals surface area contributed by atoms with Crippen molar-refractivity contribution in [2.24, 2.45) is 0 Å². The van der Waals surface area contributed by atoms with Crippen LogP contribution in [0.1, 0.15) is 34.2 Å². The largest absolute Gasteiger partial charge is 0.385 e. The molecule has 24 heavy (non-hydrogen) atoms. The van der Waals surface area contributed by atoms with Crippen LogP contribution in [0, 0.1) is 0 Å². The average molecular weight is 327 g/mol. The van der Waals surface area contributed by atoms with Gasteiger partial charge < -0.3 is 15.4 Å². The zero-order chi connectivity index (χ0) is 17.4. The summed E-state index contributed by atoms with van der Waals surface area (Å²) < 4.78 is 4.93. The van der Waals surface area contributed by atoms with Crippen LogP contribution in [0.25, 0.3) is 0 Å². The molecule has 2 N–H and O–H groups in total. The Morgan fingerprint density at radius 3 is 2.67 bits per heavy atom. The Bertz CT molecular complexity index is 699. The van der Waals surface area contributed by atoms with Gasteiger partial charge in [-0.1, -0.05) is 12.1 Å². The molecule has 0 radical (unpaired) electrons. The molecule has 1 aromatic carbocycles. The molecule has 2 rings (SSSR count). The number of Topliss-reactive ketones (excluding diaryl/α,β-unsaturated/α-hetero) is 1. The fourth-order valence-corrected chi connectivity index (χ4v) is 2.09. The maximum absolute atomic E-state index is 11.9. The maximum atomic E-state index is 11.9. The van der Waals surface area contributed by atoms with Crippen molar-refractivity contribution in [1.29, 1.82) is 0 Å². The van der Waals surface area contributed by atoms with E-state index in [9.17, 15) is 9.59 Å². The Morgan fingerprint density at radius 1 is 1.17 bits per heavy atom. The first-order valence-corrected chi connectivity index (χ1v) is 7.71. The second kappa shape index (κ2) is 8.79. The van der Waals surface area contributed by atoms with Crippen LogP contribution in [-0.2, 0) is 4.74 Å². The number of ketones is 1. The highest BCUT2D eigenvalue weighted by Gasteiger charge is 2.07. The van der Waals surface area contributed by atoms with Gasteiger partial charge >= 0.3 is 0 Å². The van der Waals surface area contributed by atoms with Gasteiger partial charge in [0.25, 0.3) is 5.91 Å². The topological polar surface area (TPSA) is 80.3 Å². The number of pyridine rings is 1. The number of nitrogens with zero attached hydrogens (tertiary/aromatic N) is 1. The smallest absolute Gasteiger partial charge is 0.269 e. The van der Waals surface area contributed by atoms with E-state index in [1.165, 1.54) is 6.92 Å². The number of carbonyl (C=O) groups excluding carboxylic acids is 2. The Labute approximate surface area is 141 Å². The number of hydrogen-bond donors (Lipinski definition) is 2. The van der Waals surface area contributed by atoms with Gasteiger partial charge in [0.05, 0.1) is 11.9 Å². The zero-order valence-corrected chi connectivity index (χ0v) is 13.8. The van der Waals surface area contributed by atoms with Gasteiger partial charge in [-0.2, -0.15) is 0 Å². The van der Waals surface area contributed by atoms with Gasteiger partial charge in [0.15, 0.2) is 5.78 Å². The SMILES string of the molecule is COCCCNC(=O)c1ccc(Nc2cccc(C(C)=O)c2)cn1. The van der Waals surface area contributed by atoms with Gasteiger partial charge in [0, 0.05) is 31.5 Å². The molecule has 0 aliphatic rings. The standard InChI is InChI=1S/C18H21N3O3/c1-13(22)14-5-3-6-15(11-14)21-16-7-8-17(20-12-16)18(23)19-9-4-10-24-2/h3,5-8,11-12,21H,4,9-10H2,1-2H3,(H,19,23). The molecule has 0 saturated carbocycles. The molecule has 2 aromatic rings. The van der Waals surface area contributed by atoms with E-state index >= 15 is 0 Å². The lowest BCUT2D eigenvalue weighted by Gasteiger charge is -2.08. The van der Waals surface area contributed by atoms with Crippen molar-refractivity contribution < 1.29 is 14.3 Å². The van der Waals surface area contributed by atoms with Gasteiger partial charge in [-0.05, 0) is 37.6 Å². The predicted molar refractivity (Wildman–Crippen MR) is 92.8 cm³/mol. The van der Waals surface area contributed by atoms with Crippen LogP contribution in [0.4, 0.5) is 11.4 Å². The Hall–Kier alpha value is -2.73. The van der Waals surface area contributed by atoms with Crippen molar-refractivity contribution >= 4 is 23.1 Å². The molecule has 1 aromatic heterocycles. The van der Waals surface area contributed by atoms with Crippen molar-refractivity contribution in [2.45, 2.75) is 13.3 Å². The van der Waals surface area contributed by atoms with Crippen LogP contribution in [0.2, 0.25) is 0 Å². The molecule has 0 aliphatic heterocycles. The summed E-state index contributed by atoms with van der Waals surface area (Å²) in [5.74, 6) is -0.200. The minimum Gasteiger partial charge on any atom is -0.385 e. The second-order valence-corrected chi connectivity index (χ2v) is 5.30. The van der Waals surface area contributed by atoms with E-state index in [4.69, 9.17) is 4.74 Å². The van der Waals surface area contributed by atoms with Crippen molar-refractivity contribution in [2.75, 3.05) is 25.6 Å². The third-order valence-corrected chi connectivity index (χ3v) is 3.36. The molecule has 1 amide bonds. The molecule has 0 spiro atoms. The van der Waals surface area contributed by atoms with Crippen LogP contribution in [0.5, 0.6) is 0 Å². The summed E-state index contributed by atoms with van der Waals surface area (Å²) >= 11 is 0. The lowest BCUT2D eigenvalue weighted by Crippen LogP contribution is -2.26. The highest BCUT2D eigenvalue weighted by atomic mass is 16.5. The summed E-state index contributed by atoms with van der Waals surface area (Å²) in [6, 6.07) is 10.7.